The van der Waals surface area contributed by atoms with Crippen molar-refractivity contribution in [2.24, 2.45) is 0 Å². The first-order chi connectivity index (χ1) is 14.6. The second-order valence-electron chi connectivity index (χ2n) is 10.4. The summed E-state index contributed by atoms with van der Waals surface area (Å²) in [4.78, 5) is 0. The molecule has 30 heavy (non-hydrogen) atoms. The summed E-state index contributed by atoms with van der Waals surface area (Å²) in [7, 11) is -1.13. The molecule has 5 nitrogen and oxygen atoms in total. The summed E-state index contributed by atoms with van der Waals surface area (Å²) in [5, 5.41) is 19.3. The summed E-state index contributed by atoms with van der Waals surface area (Å²) in [6.07, 6.45) is 16.9. The van der Waals surface area contributed by atoms with E-state index in [1.165, 1.54) is 0 Å². The maximum absolute atomic E-state index is 13.2. The van der Waals surface area contributed by atoms with E-state index >= 15 is 0 Å². The van der Waals surface area contributed by atoms with Crippen LogP contribution in [0.1, 0.15) is 103 Å². The van der Waals surface area contributed by atoms with Crippen LogP contribution in [0, 0.1) is 0 Å². The molecular formula is C24H42O5P+. The lowest BCUT2D eigenvalue weighted by Gasteiger charge is -2.33. The van der Waals surface area contributed by atoms with Crippen molar-refractivity contribution in [2.45, 2.75) is 151 Å². The number of hydrogen-bond donors (Lipinski definition) is 2. The molecule has 4 aliphatic rings. The maximum Gasteiger partial charge on any atom is 0.344 e. The fourth-order valence-electron chi connectivity index (χ4n) is 6.08. The van der Waals surface area contributed by atoms with Gasteiger partial charge in [-0.2, -0.15) is 0 Å². The quantitative estimate of drug-likeness (QED) is 0.563. The summed E-state index contributed by atoms with van der Waals surface area (Å²) in [5.41, 5.74) is 0.769. The summed E-state index contributed by atoms with van der Waals surface area (Å²) in [6.45, 7) is 0. The molecule has 0 amide bonds. The molecule has 4 saturated carbocycles. The van der Waals surface area contributed by atoms with Gasteiger partial charge in [-0.25, -0.2) is 0 Å². The van der Waals surface area contributed by atoms with Crippen molar-refractivity contribution in [3.8, 4) is 0 Å². The Bertz CT molecular complexity index is 480. The third-order valence-corrected chi connectivity index (χ3v) is 10.5. The van der Waals surface area contributed by atoms with Crippen LogP contribution in [0.5, 0.6) is 0 Å². The van der Waals surface area contributed by atoms with Gasteiger partial charge < -0.3 is 19.7 Å². The standard InChI is InChI=1S/C24H42O5P/c25-17-1-5-19(6-2-17)28-21-9-13-23(14-10-21)30(27)24-15-11-22(12-16-24)29-20-7-3-18(26)4-8-20/h17-26H,1-16H2/q+1. The van der Waals surface area contributed by atoms with E-state index < -0.39 is 7.80 Å². The zero-order valence-electron chi connectivity index (χ0n) is 18.5. The molecule has 0 atom stereocenters. The molecule has 0 radical (unpaired) electrons. The van der Waals surface area contributed by atoms with Gasteiger partial charge >= 0.3 is 7.80 Å². The number of ether oxygens (including phenoxy) is 2. The molecule has 172 valence electrons. The van der Waals surface area contributed by atoms with Crippen LogP contribution in [-0.4, -0.2) is 58.2 Å². The summed E-state index contributed by atoms with van der Waals surface area (Å²) in [6, 6.07) is 0. The van der Waals surface area contributed by atoms with Crippen molar-refractivity contribution in [1.29, 1.82) is 0 Å². The first-order valence-electron chi connectivity index (χ1n) is 12.7. The van der Waals surface area contributed by atoms with Gasteiger partial charge in [0.2, 0.25) is 0 Å². The zero-order chi connectivity index (χ0) is 20.9. The van der Waals surface area contributed by atoms with Crippen molar-refractivity contribution in [2.75, 3.05) is 0 Å². The van der Waals surface area contributed by atoms with Crippen molar-refractivity contribution >= 4 is 7.80 Å². The second-order valence-corrected chi connectivity index (χ2v) is 12.5. The Morgan fingerprint density at radius 2 is 0.733 bits per heavy atom. The van der Waals surface area contributed by atoms with Crippen molar-refractivity contribution in [3.05, 3.63) is 0 Å². The predicted molar refractivity (Wildman–Crippen MR) is 118 cm³/mol. The van der Waals surface area contributed by atoms with Crippen LogP contribution in [0.2, 0.25) is 0 Å². The number of hydrogen-bond acceptors (Lipinski definition) is 5. The molecule has 4 aliphatic carbocycles. The Labute approximate surface area is 183 Å². The Morgan fingerprint density at radius 3 is 1.03 bits per heavy atom. The summed E-state index contributed by atoms with van der Waals surface area (Å²) >= 11 is 0. The largest absolute Gasteiger partial charge is 0.393 e. The molecule has 0 saturated heterocycles. The molecule has 0 bridgehead atoms. The van der Waals surface area contributed by atoms with Gasteiger partial charge in [0.05, 0.1) is 36.6 Å². The topological polar surface area (TPSA) is 76.0 Å². The molecular weight excluding hydrogens is 399 g/mol. The molecule has 0 spiro atoms. The molecule has 6 heteroatoms. The minimum absolute atomic E-state index is 0.124. The SMILES string of the molecule is O=[P+](C1CCC(OC2CCC(O)CC2)CC1)C1CCC(OC2CCC(O)CC2)CC1. The first-order valence-corrected chi connectivity index (χ1v) is 14.1. The number of aliphatic hydroxyl groups is 2. The van der Waals surface area contributed by atoms with Gasteiger partial charge in [0, 0.05) is 0 Å². The minimum atomic E-state index is -1.13. The Morgan fingerprint density at radius 1 is 0.467 bits per heavy atom. The van der Waals surface area contributed by atoms with E-state index in [1.54, 1.807) is 0 Å². The highest BCUT2D eigenvalue weighted by Crippen LogP contribution is 2.48. The molecule has 4 rings (SSSR count). The van der Waals surface area contributed by atoms with E-state index in [0.717, 1.165) is 103 Å². The van der Waals surface area contributed by atoms with E-state index in [1.807, 2.05) is 0 Å². The van der Waals surface area contributed by atoms with Gasteiger partial charge in [0.15, 0.2) is 11.3 Å². The van der Waals surface area contributed by atoms with E-state index in [-0.39, 0.29) is 12.2 Å². The minimum Gasteiger partial charge on any atom is -0.393 e. The van der Waals surface area contributed by atoms with Crippen LogP contribution in [0.3, 0.4) is 0 Å². The Hall–Kier alpha value is -0.0600. The summed E-state index contributed by atoms with van der Waals surface area (Å²) in [5.74, 6) is 0. The highest BCUT2D eigenvalue weighted by molar-refractivity contribution is 7.46. The lowest BCUT2D eigenvalue weighted by molar-refractivity contribution is -0.0606. The lowest BCUT2D eigenvalue weighted by atomic mass is 9.93. The van der Waals surface area contributed by atoms with Gasteiger partial charge in [-0.15, -0.1) is 0 Å². The Kier molecular flexibility index (Phi) is 8.62. The van der Waals surface area contributed by atoms with Crippen LogP contribution in [0.4, 0.5) is 0 Å². The van der Waals surface area contributed by atoms with Crippen LogP contribution in [0.25, 0.3) is 0 Å². The van der Waals surface area contributed by atoms with Gasteiger partial charge in [-0.3, -0.25) is 0 Å². The highest BCUT2D eigenvalue weighted by Gasteiger charge is 2.43. The maximum atomic E-state index is 13.2. The van der Waals surface area contributed by atoms with Crippen LogP contribution < -0.4 is 0 Å². The van der Waals surface area contributed by atoms with Crippen LogP contribution >= 0.6 is 7.80 Å². The van der Waals surface area contributed by atoms with Crippen molar-refractivity contribution < 1.29 is 24.3 Å². The number of rotatable bonds is 6. The third-order valence-electron chi connectivity index (χ3n) is 8.06. The lowest BCUT2D eigenvalue weighted by Crippen LogP contribution is -2.33. The van der Waals surface area contributed by atoms with E-state index in [0.29, 0.717) is 35.7 Å². The molecule has 0 aromatic heterocycles. The second kappa shape index (κ2) is 11.2. The molecule has 0 aromatic carbocycles. The molecule has 4 fully saturated rings. The average molecular weight is 442 g/mol. The Balaban J connectivity index is 1.13. The average Bonchev–Trinajstić information content (AvgIpc) is 2.77. The van der Waals surface area contributed by atoms with Gasteiger partial charge in [-0.05, 0) is 103 Å². The molecule has 0 heterocycles. The monoisotopic (exact) mass is 441 g/mol. The predicted octanol–water partition coefficient (Wildman–Crippen LogP) is 5.08. The molecule has 0 aliphatic heterocycles. The molecule has 0 unspecified atom stereocenters. The molecule has 0 aromatic rings. The van der Waals surface area contributed by atoms with Crippen molar-refractivity contribution in [1.82, 2.24) is 0 Å². The zero-order valence-corrected chi connectivity index (χ0v) is 19.4. The first kappa shape index (κ1) is 23.1. The number of aliphatic hydroxyl groups excluding tert-OH is 2. The van der Waals surface area contributed by atoms with Crippen LogP contribution in [-0.2, 0) is 14.0 Å². The fourth-order valence-corrected chi connectivity index (χ4v) is 8.29. The van der Waals surface area contributed by atoms with E-state index in [4.69, 9.17) is 9.47 Å². The normalized spacial score (nSPS) is 43.9. The molecule has 2 N–H and O–H groups in total. The van der Waals surface area contributed by atoms with Crippen molar-refractivity contribution in [3.63, 3.8) is 0 Å². The van der Waals surface area contributed by atoms with E-state index in [9.17, 15) is 14.8 Å². The van der Waals surface area contributed by atoms with E-state index in [2.05, 4.69) is 0 Å². The highest BCUT2D eigenvalue weighted by atomic mass is 31.1. The summed E-state index contributed by atoms with van der Waals surface area (Å²) < 4.78 is 25.8. The smallest absolute Gasteiger partial charge is 0.344 e. The third kappa shape index (κ3) is 6.48. The van der Waals surface area contributed by atoms with Gasteiger partial charge in [0.1, 0.15) is 0 Å². The van der Waals surface area contributed by atoms with Gasteiger partial charge in [0.25, 0.3) is 0 Å². The van der Waals surface area contributed by atoms with Crippen LogP contribution in [0.15, 0.2) is 0 Å². The van der Waals surface area contributed by atoms with Gasteiger partial charge in [-0.1, -0.05) is 4.57 Å². The fraction of sp³-hybridized carbons (Fsp3) is 1.00.